The van der Waals surface area contributed by atoms with Gasteiger partial charge in [-0.15, -0.1) is 0 Å². The Morgan fingerprint density at radius 3 is 2.44 bits per heavy atom. The van der Waals surface area contributed by atoms with Crippen LogP contribution in [0.3, 0.4) is 0 Å². The van der Waals surface area contributed by atoms with E-state index in [1.807, 2.05) is 37.3 Å². The van der Waals surface area contributed by atoms with Gasteiger partial charge in [0.2, 0.25) is 0 Å². The molecule has 0 bridgehead atoms. The molecule has 1 amide bonds. The summed E-state index contributed by atoms with van der Waals surface area (Å²) in [6.07, 6.45) is 0. The second kappa shape index (κ2) is 7.86. The molecule has 0 aliphatic carbocycles. The zero-order valence-corrected chi connectivity index (χ0v) is 15.5. The number of aromatic nitrogens is 2. The molecule has 27 heavy (non-hydrogen) atoms. The first kappa shape index (κ1) is 18.4. The molecule has 2 aromatic carbocycles. The van der Waals surface area contributed by atoms with Gasteiger partial charge in [-0.1, -0.05) is 30.3 Å². The molecule has 3 aromatic rings. The lowest BCUT2D eigenvalue weighted by Crippen LogP contribution is -2.28. The number of hydrogen-bond acceptors (Lipinski definition) is 4. The third-order valence-electron chi connectivity index (χ3n) is 4.17. The zero-order valence-electron chi connectivity index (χ0n) is 15.5. The van der Waals surface area contributed by atoms with E-state index in [1.54, 1.807) is 49.0 Å². The van der Waals surface area contributed by atoms with E-state index in [-0.39, 0.29) is 12.5 Å². The van der Waals surface area contributed by atoms with Gasteiger partial charge >= 0.3 is 5.97 Å². The molecule has 0 unspecified atom stereocenters. The molecule has 138 valence electrons. The van der Waals surface area contributed by atoms with E-state index in [0.717, 1.165) is 11.4 Å². The van der Waals surface area contributed by atoms with E-state index in [1.165, 1.54) is 4.90 Å². The summed E-state index contributed by atoms with van der Waals surface area (Å²) in [5, 5.41) is 4.45. The Hall–Kier alpha value is -3.41. The van der Waals surface area contributed by atoms with Gasteiger partial charge in [0.25, 0.3) is 5.91 Å². The van der Waals surface area contributed by atoms with Gasteiger partial charge in [0.05, 0.1) is 23.5 Å². The van der Waals surface area contributed by atoms with Gasteiger partial charge in [-0.25, -0.2) is 9.48 Å². The van der Waals surface area contributed by atoms with Crippen molar-refractivity contribution in [3.63, 3.8) is 0 Å². The standard InChI is InChI=1S/C21H21N3O3/c1-4-27-21(26)17-12-8-9-13-19(17)23(3)20(25)18-14-15(2)24(22-18)16-10-6-5-7-11-16/h5-14H,4H2,1-3H3. The lowest BCUT2D eigenvalue weighted by molar-refractivity contribution is 0.0527. The van der Waals surface area contributed by atoms with E-state index in [9.17, 15) is 9.59 Å². The maximum absolute atomic E-state index is 13.0. The molecule has 0 fully saturated rings. The predicted molar refractivity (Wildman–Crippen MR) is 103 cm³/mol. The van der Waals surface area contributed by atoms with Crippen LogP contribution in [0.4, 0.5) is 5.69 Å². The summed E-state index contributed by atoms with van der Waals surface area (Å²) < 4.78 is 6.81. The summed E-state index contributed by atoms with van der Waals surface area (Å²) in [5.74, 6) is -0.761. The number of ether oxygens (including phenoxy) is 1. The topological polar surface area (TPSA) is 64.4 Å². The molecule has 6 heteroatoms. The molecule has 1 aromatic heterocycles. The van der Waals surface area contributed by atoms with Crippen molar-refractivity contribution in [2.45, 2.75) is 13.8 Å². The Bertz CT molecular complexity index is 964. The van der Waals surface area contributed by atoms with Crippen LogP contribution in [-0.2, 0) is 4.74 Å². The van der Waals surface area contributed by atoms with E-state index in [4.69, 9.17) is 4.74 Å². The van der Waals surface area contributed by atoms with Crippen molar-refractivity contribution in [1.29, 1.82) is 0 Å². The van der Waals surface area contributed by atoms with Crippen molar-refractivity contribution in [3.05, 3.63) is 77.6 Å². The molecule has 0 radical (unpaired) electrons. The van der Waals surface area contributed by atoms with Crippen LogP contribution in [0, 0.1) is 6.92 Å². The van der Waals surface area contributed by atoms with Crippen LogP contribution in [0.5, 0.6) is 0 Å². The number of para-hydroxylation sites is 2. The van der Waals surface area contributed by atoms with Crippen LogP contribution in [0.25, 0.3) is 5.69 Å². The second-order valence-electron chi connectivity index (χ2n) is 6.02. The number of carbonyl (C=O) groups is 2. The smallest absolute Gasteiger partial charge is 0.340 e. The first-order chi connectivity index (χ1) is 13.0. The van der Waals surface area contributed by atoms with Crippen molar-refractivity contribution in [1.82, 2.24) is 9.78 Å². The molecule has 0 saturated carbocycles. The van der Waals surface area contributed by atoms with Crippen molar-refractivity contribution < 1.29 is 14.3 Å². The van der Waals surface area contributed by atoms with Gasteiger partial charge in [-0.3, -0.25) is 4.79 Å². The highest BCUT2D eigenvalue weighted by Crippen LogP contribution is 2.22. The highest BCUT2D eigenvalue weighted by atomic mass is 16.5. The SMILES string of the molecule is CCOC(=O)c1ccccc1N(C)C(=O)c1cc(C)n(-c2ccccc2)n1. The highest BCUT2D eigenvalue weighted by molar-refractivity contribution is 6.08. The van der Waals surface area contributed by atoms with E-state index in [0.29, 0.717) is 16.9 Å². The average Bonchev–Trinajstić information content (AvgIpc) is 3.09. The second-order valence-corrected chi connectivity index (χ2v) is 6.02. The molecule has 6 nitrogen and oxygen atoms in total. The predicted octanol–water partition coefficient (Wildman–Crippen LogP) is 3.63. The number of benzene rings is 2. The Kier molecular flexibility index (Phi) is 5.35. The minimum absolute atomic E-state index is 0.269. The Labute approximate surface area is 158 Å². The van der Waals surface area contributed by atoms with Gasteiger partial charge < -0.3 is 9.64 Å². The maximum Gasteiger partial charge on any atom is 0.340 e. The normalized spacial score (nSPS) is 10.5. The fraction of sp³-hybridized carbons (Fsp3) is 0.190. The lowest BCUT2D eigenvalue weighted by Gasteiger charge is -2.19. The van der Waals surface area contributed by atoms with E-state index in [2.05, 4.69) is 5.10 Å². The zero-order chi connectivity index (χ0) is 19.4. The maximum atomic E-state index is 13.0. The van der Waals surface area contributed by atoms with Crippen LogP contribution in [0.15, 0.2) is 60.7 Å². The number of nitrogens with zero attached hydrogens (tertiary/aromatic N) is 3. The number of aryl methyl sites for hydroxylation is 1. The molecule has 0 aliphatic heterocycles. The molecule has 1 heterocycles. The van der Waals surface area contributed by atoms with Crippen LogP contribution < -0.4 is 4.90 Å². The summed E-state index contributed by atoms with van der Waals surface area (Å²) in [7, 11) is 1.62. The van der Waals surface area contributed by atoms with Gasteiger partial charge in [0.1, 0.15) is 0 Å². The summed E-state index contributed by atoms with van der Waals surface area (Å²) in [4.78, 5) is 26.6. The Balaban J connectivity index is 1.93. The van der Waals surface area contributed by atoms with Crippen LogP contribution in [-0.4, -0.2) is 35.3 Å². The van der Waals surface area contributed by atoms with Crippen LogP contribution >= 0.6 is 0 Å². The van der Waals surface area contributed by atoms with Crippen LogP contribution in [0.1, 0.15) is 33.5 Å². The number of rotatable bonds is 5. The third kappa shape index (κ3) is 3.74. The summed E-state index contributed by atoms with van der Waals surface area (Å²) >= 11 is 0. The largest absolute Gasteiger partial charge is 0.462 e. The molecular formula is C21H21N3O3. The lowest BCUT2D eigenvalue weighted by atomic mass is 10.1. The number of hydrogen-bond donors (Lipinski definition) is 0. The van der Waals surface area contributed by atoms with Gasteiger partial charge in [-0.05, 0) is 44.2 Å². The van der Waals surface area contributed by atoms with Gasteiger partial charge in [0.15, 0.2) is 5.69 Å². The van der Waals surface area contributed by atoms with E-state index < -0.39 is 5.97 Å². The van der Waals surface area contributed by atoms with Crippen molar-refractivity contribution >= 4 is 17.6 Å². The van der Waals surface area contributed by atoms with Gasteiger partial charge in [0, 0.05) is 12.7 Å². The Morgan fingerprint density at radius 2 is 1.74 bits per heavy atom. The Morgan fingerprint density at radius 1 is 1.07 bits per heavy atom. The number of carbonyl (C=O) groups excluding carboxylic acids is 2. The summed E-state index contributed by atoms with van der Waals surface area (Å²) in [5.41, 5.74) is 2.85. The molecule has 0 N–H and O–H groups in total. The fourth-order valence-corrected chi connectivity index (χ4v) is 2.84. The third-order valence-corrected chi connectivity index (χ3v) is 4.17. The van der Waals surface area contributed by atoms with Gasteiger partial charge in [-0.2, -0.15) is 5.10 Å². The number of esters is 1. The fourth-order valence-electron chi connectivity index (χ4n) is 2.84. The van der Waals surface area contributed by atoms with Crippen molar-refractivity contribution in [2.24, 2.45) is 0 Å². The van der Waals surface area contributed by atoms with Crippen LogP contribution in [0.2, 0.25) is 0 Å². The first-order valence-electron chi connectivity index (χ1n) is 8.69. The van der Waals surface area contributed by atoms with Crippen molar-refractivity contribution in [3.8, 4) is 5.69 Å². The summed E-state index contributed by atoms with van der Waals surface area (Å²) in [6.45, 7) is 3.91. The quantitative estimate of drug-likeness (QED) is 0.649. The molecular weight excluding hydrogens is 342 g/mol. The number of anilines is 1. The minimum Gasteiger partial charge on any atom is -0.462 e. The molecule has 0 spiro atoms. The molecule has 0 atom stereocenters. The van der Waals surface area contributed by atoms with Crippen molar-refractivity contribution in [2.75, 3.05) is 18.6 Å². The molecule has 0 aliphatic rings. The average molecular weight is 363 g/mol. The molecule has 0 saturated heterocycles. The monoisotopic (exact) mass is 363 g/mol. The highest BCUT2D eigenvalue weighted by Gasteiger charge is 2.22. The first-order valence-corrected chi connectivity index (χ1v) is 8.69. The summed E-state index contributed by atoms with van der Waals surface area (Å²) in [6, 6.07) is 18.2. The number of amides is 1. The van der Waals surface area contributed by atoms with E-state index >= 15 is 0 Å². The minimum atomic E-state index is -0.459. The molecule has 3 rings (SSSR count).